The van der Waals surface area contributed by atoms with Gasteiger partial charge in [-0.3, -0.25) is 4.79 Å². The summed E-state index contributed by atoms with van der Waals surface area (Å²) in [5.41, 5.74) is 1.89. The standard InChI is InChI=1S/C13H20N2O/c1-4-13(16)15-12-7-5-6-11(8-12)14-9-10(2)3/h5-8,10,14H,4,9H2,1-3H3,(H,15,16). The van der Waals surface area contributed by atoms with Crippen molar-refractivity contribution in [3.63, 3.8) is 0 Å². The van der Waals surface area contributed by atoms with E-state index in [-0.39, 0.29) is 5.91 Å². The van der Waals surface area contributed by atoms with Gasteiger partial charge >= 0.3 is 0 Å². The van der Waals surface area contributed by atoms with Gasteiger partial charge in [0, 0.05) is 24.3 Å². The molecule has 0 bridgehead atoms. The van der Waals surface area contributed by atoms with Crippen LogP contribution in [0, 0.1) is 5.92 Å². The molecular formula is C13H20N2O. The van der Waals surface area contributed by atoms with Gasteiger partial charge in [-0.2, -0.15) is 0 Å². The Morgan fingerprint density at radius 3 is 2.62 bits per heavy atom. The number of nitrogens with one attached hydrogen (secondary N) is 2. The maximum atomic E-state index is 11.2. The second-order valence-electron chi connectivity index (χ2n) is 4.26. The maximum absolute atomic E-state index is 11.2. The van der Waals surface area contributed by atoms with Crippen LogP contribution in [0.2, 0.25) is 0 Å². The van der Waals surface area contributed by atoms with Crippen LogP contribution >= 0.6 is 0 Å². The maximum Gasteiger partial charge on any atom is 0.224 e. The highest BCUT2D eigenvalue weighted by Gasteiger charge is 2.00. The minimum absolute atomic E-state index is 0.0426. The molecule has 0 unspecified atom stereocenters. The number of hydrogen-bond donors (Lipinski definition) is 2. The molecule has 3 heteroatoms. The van der Waals surface area contributed by atoms with Gasteiger partial charge in [0.15, 0.2) is 0 Å². The van der Waals surface area contributed by atoms with E-state index in [2.05, 4.69) is 24.5 Å². The first kappa shape index (κ1) is 12.6. The molecule has 0 aliphatic rings. The molecule has 1 aromatic rings. The van der Waals surface area contributed by atoms with Crippen LogP contribution in [0.5, 0.6) is 0 Å². The monoisotopic (exact) mass is 220 g/mol. The van der Waals surface area contributed by atoms with Gasteiger partial charge in [-0.05, 0) is 24.1 Å². The third-order valence-corrected chi connectivity index (χ3v) is 2.18. The number of benzene rings is 1. The average Bonchev–Trinajstić information content (AvgIpc) is 2.26. The van der Waals surface area contributed by atoms with Crippen molar-refractivity contribution in [2.45, 2.75) is 27.2 Å². The fraction of sp³-hybridized carbons (Fsp3) is 0.462. The predicted molar refractivity (Wildman–Crippen MR) is 68.7 cm³/mol. The first-order valence-electron chi connectivity index (χ1n) is 5.75. The van der Waals surface area contributed by atoms with Crippen molar-refractivity contribution in [2.75, 3.05) is 17.2 Å². The van der Waals surface area contributed by atoms with Gasteiger partial charge in [0.2, 0.25) is 5.91 Å². The second-order valence-corrected chi connectivity index (χ2v) is 4.26. The van der Waals surface area contributed by atoms with E-state index >= 15 is 0 Å². The molecular weight excluding hydrogens is 200 g/mol. The third kappa shape index (κ3) is 4.34. The van der Waals surface area contributed by atoms with Gasteiger partial charge in [0.1, 0.15) is 0 Å². The number of anilines is 2. The van der Waals surface area contributed by atoms with Gasteiger partial charge in [-0.15, -0.1) is 0 Å². The van der Waals surface area contributed by atoms with E-state index < -0.39 is 0 Å². The van der Waals surface area contributed by atoms with Crippen molar-refractivity contribution in [3.05, 3.63) is 24.3 Å². The summed E-state index contributed by atoms with van der Waals surface area (Å²) in [6.45, 7) is 7.10. The smallest absolute Gasteiger partial charge is 0.224 e. The van der Waals surface area contributed by atoms with E-state index in [9.17, 15) is 4.79 Å². The predicted octanol–water partition coefficient (Wildman–Crippen LogP) is 3.10. The minimum atomic E-state index is 0.0426. The van der Waals surface area contributed by atoms with Crippen LogP contribution in [-0.4, -0.2) is 12.5 Å². The van der Waals surface area contributed by atoms with Gasteiger partial charge in [-0.1, -0.05) is 26.8 Å². The molecule has 0 aromatic heterocycles. The van der Waals surface area contributed by atoms with Crippen molar-refractivity contribution in [1.29, 1.82) is 0 Å². The summed E-state index contributed by atoms with van der Waals surface area (Å²) in [4.78, 5) is 11.2. The Morgan fingerprint density at radius 2 is 2.00 bits per heavy atom. The Balaban J connectivity index is 2.60. The molecule has 88 valence electrons. The molecule has 0 aliphatic heterocycles. The number of carbonyl (C=O) groups is 1. The van der Waals surface area contributed by atoms with E-state index in [0.717, 1.165) is 17.9 Å². The molecule has 0 saturated carbocycles. The summed E-state index contributed by atoms with van der Waals surface area (Å²) in [5, 5.41) is 6.17. The highest BCUT2D eigenvalue weighted by molar-refractivity contribution is 5.90. The molecule has 0 aliphatic carbocycles. The molecule has 1 amide bonds. The Kier molecular flexibility index (Phi) is 4.83. The van der Waals surface area contributed by atoms with Crippen LogP contribution in [0.15, 0.2) is 24.3 Å². The van der Waals surface area contributed by atoms with Crippen LogP contribution in [0.3, 0.4) is 0 Å². The molecule has 0 heterocycles. The molecule has 0 radical (unpaired) electrons. The lowest BCUT2D eigenvalue weighted by Crippen LogP contribution is -2.11. The lowest BCUT2D eigenvalue weighted by atomic mass is 10.2. The fourth-order valence-electron chi connectivity index (χ4n) is 1.28. The molecule has 0 spiro atoms. The SMILES string of the molecule is CCC(=O)Nc1cccc(NCC(C)C)c1. The second kappa shape index (κ2) is 6.16. The number of rotatable bonds is 5. The van der Waals surface area contributed by atoms with Crippen molar-refractivity contribution < 1.29 is 4.79 Å². The molecule has 16 heavy (non-hydrogen) atoms. The lowest BCUT2D eigenvalue weighted by molar-refractivity contribution is -0.115. The summed E-state index contributed by atoms with van der Waals surface area (Å²) in [6.07, 6.45) is 0.504. The van der Waals surface area contributed by atoms with E-state index in [1.54, 1.807) is 0 Å². The summed E-state index contributed by atoms with van der Waals surface area (Å²) in [5.74, 6) is 0.648. The Bertz CT molecular complexity index is 348. The van der Waals surface area contributed by atoms with Crippen LogP contribution in [0.4, 0.5) is 11.4 Å². The zero-order valence-corrected chi connectivity index (χ0v) is 10.2. The highest BCUT2D eigenvalue weighted by Crippen LogP contribution is 2.15. The zero-order valence-electron chi connectivity index (χ0n) is 10.2. The Morgan fingerprint density at radius 1 is 1.31 bits per heavy atom. The summed E-state index contributed by atoms with van der Waals surface area (Å²) < 4.78 is 0. The zero-order chi connectivity index (χ0) is 12.0. The van der Waals surface area contributed by atoms with Crippen molar-refractivity contribution in [1.82, 2.24) is 0 Å². The van der Waals surface area contributed by atoms with E-state index in [1.165, 1.54) is 0 Å². The van der Waals surface area contributed by atoms with Crippen molar-refractivity contribution in [3.8, 4) is 0 Å². The Hall–Kier alpha value is -1.51. The molecule has 0 fully saturated rings. The van der Waals surface area contributed by atoms with Gasteiger partial charge in [-0.25, -0.2) is 0 Å². The molecule has 2 N–H and O–H groups in total. The van der Waals surface area contributed by atoms with Gasteiger partial charge in [0.25, 0.3) is 0 Å². The normalized spacial score (nSPS) is 10.2. The molecule has 1 rings (SSSR count). The highest BCUT2D eigenvalue weighted by atomic mass is 16.1. The summed E-state index contributed by atoms with van der Waals surface area (Å²) in [6, 6.07) is 7.79. The minimum Gasteiger partial charge on any atom is -0.385 e. The molecule has 1 aromatic carbocycles. The van der Waals surface area contributed by atoms with Crippen molar-refractivity contribution >= 4 is 17.3 Å². The third-order valence-electron chi connectivity index (χ3n) is 2.18. The van der Waals surface area contributed by atoms with Gasteiger partial charge in [0.05, 0.1) is 0 Å². The lowest BCUT2D eigenvalue weighted by Gasteiger charge is -2.10. The summed E-state index contributed by atoms with van der Waals surface area (Å²) >= 11 is 0. The molecule has 0 saturated heterocycles. The van der Waals surface area contributed by atoms with E-state index in [0.29, 0.717) is 12.3 Å². The molecule has 0 atom stereocenters. The number of hydrogen-bond acceptors (Lipinski definition) is 2. The summed E-state index contributed by atoms with van der Waals surface area (Å²) in [7, 11) is 0. The quantitative estimate of drug-likeness (QED) is 0.800. The topological polar surface area (TPSA) is 41.1 Å². The van der Waals surface area contributed by atoms with Crippen LogP contribution in [-0.2, 0) is 4.79 Å². The first-order valence-corrected chi connectivity index (χ1v) is 5.75. The fourth-order valence-corrected chi connectivity index (χ4v) is 1.28. The van der Waals surface area contributed by atoms with E-state index in [4.69, 9.17) is 0 Å². The Labute approximate surface area is 97.2 Å². The van der Waals surface area contributed by atoms with Crippen LogP contribution in [0.25, 0.3) is 0 Å². The van der Waals surface area contributed by atoms with Crippen LogP contribution in [0.1, 0.15) is 27.2 Å². The van der Waals surface area contributed by atoms with Crippen LogP contribution < -0.4 is 10.6 Å². The number of carbonyl (C=O) groups excluding carboxylic acids is 1. The van der Waals surface area contributed by atoms with E-state index in [1.807, 2.05) is 31.2 Å². The molecule has 3 nitrogen and oxygen atoms in total. The number of amides is 1. The largest absolute Gasteiger partial charge is 0.385 e. The van der Waals surface area contributed by atoms with Crippen molar-refractivity contribution in [2.24, 2.45) is 5.92 Å². The van der Waals surface area contributed by atoms with Gasteiger partial charge < -0.3 is 10.6 Å². The average molecular weight is 220 g/mol. The first-order chi connectivity index (χ1) is 7.61.